The second-order valence-electron chi connectivity index (χ2n) is 4.19. The summed E-state index contributed by atoms with van der Waals surface area (Å²) in [5.74, 6) is 0.801. The lowest BCUT2D eigenvalue weighted by Gasteiger charge is -2.21. The van der Waals surface area contributed by atoms with E-state index in [9.17, 15) is 0 Å². The first kappa shape index (κ1) is 9.71. The van der Waals surface area contributed by atoms with E-state index in [1.165, 1.54) is 32.1 Å². The van der Waals surface area contributed by atoms with Gasteiger partial charge >= 0.3 is 0 Å². The molecule has 14 heavy (non-hydrogen) atoms. The average molecular weight is 194 g/mol. The Kier molecular flexibility index (Phi) is 3.19. The Morgan fingerprint density at radius 3 is 2.79 bits per heavy atom. The van der Waals surface area contributed by atoms with E-state index in [4.69, 9.17) is 5.11 Å². The number of hydrogen-bond acceptors (Lipinski definition) is 2. The number of aliphatic hydroxyl groups excluding tert-OH is 1. The molecule has 3 nitrogen and oxygen atoms in total. The molecule has 1 saturated carbocycles. The van der Waals surface area contributed by atoms with Crippen molar-refractivity contribution in [3.05, 3.63) is 18.0 Å². The van der Waals surface area contributed by atoms with Crippen LogP contribution in [0.15, 0.2) is 12.3 Å². The van der Waals surface area contributed by atoms with Crippen LogP contribution in [0.2, 0.25) is 0 Å². The van der Waals surface area contributed by atoms with E-state index in [1.54, 1.807) is 0 Å². The minimum Gasteiger partial charge on any atom is -0.390 e. The summed E-state index contributed by atoms with van der Waals surface area (Å²) in [5.41, 5.74) is 0.779. The van der Waals surface area contributed by atoms with E-state index in [-0.39, 0.29) is 6.61 Å². The topological polar surface area (TPSA) is 38.0 Å². The zero-order valence-electron chi connectivity index (χ0n) is 8.52. The molecular formula is C11H18N2O. The quantitative estimate of drug-likeness (QED) is 0.798. The second-order valence-corrected chi connectivity index (χ2v) is 4.19. The standard InChI is InChI=1S/C11H18N2O/c14-9-11-6-7-13(12-11)8-10-4-2-1-3-5-10/h6-7,10,14H,1-5,8-9H2. The van der Waals surface area contributed by atoms with E-state index >= 15 is 0 Å². The molecule has 1 aromatic rings. The molecule has 0 atom stereocenters. The molecule has 1 aliphatic carbocycles. The maximum absolute atomic E-state index is 8.88. The lowest BCUT2D eigenvalue weighted by Crippen LogP contribution is -2.14. The van der Waals surface area contributed by atoms with Gasteiger partial charge in [0.05, 0.1) is 12.3 Å². The van der Waals surface area contributed by atoms with Crippen LogP contribution < -0.4 is 0 Å². The summed E-state index contributed by atoms with van der Waals surface area (Å²) in [6, 6.07) is 1.89. The van der Waals surface area contributed by atoms with Gasteiger partial charge in [-0.15, -0.1) is 0 Å². The van der Waals surface area contributed by atoms with E-state index in [2.05, 4.69) is 5.10 Å². The van der Waals surface area contributed by atoms with Gasteiger partial charge in [-0.05, 0) is 24.8 Å². The highest BCUT2D eigenvalue weighted by molar-refractivity contribution is 4.96. The van der Waals surface area contributed by atoms with Crippen LogP contribution in [0.5, 0.6) is 0 Å². The van der Waals surface area contributed by atoms with E-state index in [1.807, 2.05) is 16.9 Å². The fourth-order valence-corrected chi connectivity index (χ4v) is 2.22. The van der Waals surface area contributed by atoms with Gasteiger partial charge in [0.2, 0.25) is 0 Å². The van der Waals surface area contributed by atoms with Crippen LogP contribution in [0.1, 0.15) is 37.8 Å². The van der Waals surface area contributed by atoms with Crippen LogP contribution in [0.3, 0.4) is 0 Å². The number of nitrogens with zero attached hydrogens (tertiary/aromatic N) is 2. The monoisotopic (exact) mass is 194 g/mol. The Labute approximate surface area is 84.7 Å². The molecular weight excluding hydrogens is 176 g/mol. The Morgan fingerprint density at radius 1 is 1.36 bits per heavy atom. The molecule has 0 bridgehead atoms. The summed E-state index contributed by atoms with van der Waals surface area (Å²) in [6.07, 6.45) is 8.80. The SMILES string of the molecule is OCc1ccn(CC2CCCCC2)n1. The highest BCUT2D eigenvalue weighted by Crippen LogP contribution is 2.24. The van der Waals surface area contributed by atoms with Gasteiger partial charge in [-0.3, -0.25) is 4.68 Å². The molecule has 2 rings (SSSR count). The van der Waals surface area contributed by atoms with Crippen LogP contribution in [0.4, 0.5) is 0 Å². The smallest absolute Gasteiger partial charge is 0.0878 e. The third-order valence-electron chi connectivity index (χ3n) is 3.03. The maximum atomic E-state index is 8.88. The van der Waals surface area contributed by atoms with Gasteiger partial charge in [0.25, 0.3) is 0 Å². The summed E-state index contributed by atoms with van der Waals surface area (Å²) in [7, 11) is 0. The fraction of sp³-hybridized carbons (Fsp3) is 0.727. The van der Waals surface area contributed by atoms with Crippen molar-refractivity contribution in [2.45, 2.75) is 45.3 Å². The van der Waals surface area contributed by atoms with Gasteiger partial charge in [0, 0.05) is 12.7 Å². The van der Waals surface area contributed by atoms with Gasteiger partial charge in [-0.1, -0.05) is 19.3 Å². The van der Waals surface area contributed by atoms with Gasteiger partial charge in [-0.2, -0.15) is 5.10 Å². The fourth-order valence-electron chi connectivity index (χ4n) is 2.22. The summed E-state index contributed by atoms with van der Waals surface area (Å²) in [4.78, 5) is 0. The minimum atomic E-state index is 0.0532. The molecule has 1 N–H and O–H groups in total. The van der Waals surface area contributed by atoms with Gasteiger partial charge < -0.3 is 5.11 Å². The number of aliphatic hydroxyl groups is 1. The predicted octanol–water partition coefficient (Wildman–Crippen LogP) is 1.96. The van der Waals surface area contributed by atoms with Crippen molar-refractivity contribution >= 4 is 0 Å². The second kappa shape index (κ2) is 4.60. The highest BCUT2D eigenvalue weighted by atomic mass is 16.3. The largest absolute Gasteiger partial charge is 0.390 e. The van der Waals surface area contributed by atoms with Crippen molar-refractivity contribution in [1.82, 2.24) is 9.78 Å². The summed E-state index contributed by atoms with van der Waals surface area (Å²) in [6.45, 7) is 1.08. The van der Waals surface area contributed by atoms with Crippen molar-refractivity contribution in [2.24, 2.45) is 5.92 Å². The lowest BCUT2D eigenvalue weighted by atomic mass is 9.89. The predicted molar refractivity (Wildman–Crippen MR) is 54.7 cm³/mol. The molecule has 1 aliphatic rings. The minimum absolute atomic E-state index is 0.0532. The Morgan fingerprint density at radius 2 is 2.14 bits per heavy atom. The molecule has 0 aliphatic heterocycles. The van der Waals surface area contributed by atoms with Crippen LogP contribution in [-0.2, 0) is 13.2 Å². The first-order valence-corrected chi connectivity index (χ1v) is 5.51. The van der Waals surface area contributed by atoms with E-state index in [0.717, 1.165) is 18.2 Å². The molecule has 3 heteroatoms. The highest BCUT2D eigenvalue weighted by Gasteiger charge is 2.14. The van der Waals surface area contributed by atoms with Gasteiger partial charge in [-0.25, -0.2) is 0 Å². The first-order valence-electron chi connectivity index (χ1n) is 5.51. The number of rotatable bonds is 3. The van der Waals surface area contributed by atoms with Gasteiger partial charge in [0.1, 0.15) is 0 Å². The molecule has 0 saturated heterocycles. The Balaban J connectivity index is 1.89. The van der Waals surface area contributed by atoms with Crippen LogP contribution in [0.25, 0.3) is 0 Å². The van der Waals surface area contributed by atoms with Crippen molar-refractivity contribution < 1.29 is 5.11 Å². The zero-order chi connectivity index (χ0) is 9.80. The van der Waals surface area contributed by atoms with E-state index < -0.39 is 0 Å². The van der Waals surface area contributed by atoms with Gasteiger partial charge in [0.15, 0.2) is 0 Å². The van der Waals surface area contributed by atoms with Crippen LogP contribution in [-0.4, -0.2) is 14.9 Å². The normalized spacial score (nSPS) is 18.6. The molecule has 0 radical (unpaired) electrons. The van der Waals surface area contributed by atoms with Crippen LogP contribution in [0, 0.1) is 5.92 Å². The third kappa shape index (κ3) is 2.35. The maximum Gasteiger partial charge on any atom is 0.0878 e. The number of hydrogen-bond donors (Lipinski definition) is 1. The summed E-state index contributed by atoms with van der Waals surface area (Å²) >= 11 is 0. The molecule has 0 aromatic carbocycles. The van der Waals surface area contributed by atoms with Crippen molar-refractivity contribution in [3.8, 4) is 0 Å². The molecule has 1 fully saturated rings. The van der Waals surface area contributed by atoms with Crippen LogP contribution >= 0.6 is 0 Å². The number of aromatic nitrogens is 2. The molecule has 78 valence electrons. The van der Waals surface area contributed by atoms with Crippen molar-refractivity contribution in [2.75, 3.05) is 0 Å². The molecule has 1 heterocycles. The summed E-state index contributed by atoms with van der Waals surface area (Å²) < 4.78 is 1.97. The van der Waals surface area contributed by atoms with Crippen molar-refractivity contribution in [1.29, 1.82) is 0 Å². The average Bonchev–Trinajstić information content (AvgIpc) is 2.67. The Bertz CT molecular complexity index is 277. The lowest BCUT2D eigenvalue weighted by molar-refractivity contribution is 0.270. The molecule has 0 amide bonds. The molecule has 0 spiro atoms. The summed E-state index contributed by atoms with van der Waals surface area (Å²) in [5, 5.41) is 13.2. The third-order valence-corrected chi connectivity index (χ3v) is 3.03. The Hall–Kier alpha value is -0.830. The molecule has 0 unspecified atom stereocenters. The first-order chi connectivity index (χ1) is 6.88. The van der Waals surface area contributed by atoms with E-state index in [0.29, 0.717) is 0 Å². The molecule has 1 aromatic heterocycles. The van der Waals surface area contributed by atoms with Crippen molar-refractivity contribution in [3.63, 3.8) is 0 Å². The zero-order valence-corrected chi connectivity index (χ0v) is 8.52.